The lowest BCUT2D eigenvalue weighted by atomic mass is 10.1. The van der Waals surface area contributed by atoms with Gasteiger partial charge in [-0.25, -0.2) is 0 Å². The Morgan fingerprint density at radius 3 is 2.55 bits per heavy atom. The lowest BCUT2D eigenvalue weighted by Crippen LogP contribution is -2.21. The van der Waals surface area contributed by atoms with Gasteiger partial charge in [0.1, 0.15) is 5.75 Å². The summed E-state index contributed by atoms with van der Waals surface area (Å²) in [6, 6.07) is 7.57. The van der Waals surface area contributed by atoms with E-state index < -0.39 is 5.60 Å². The van der Waals surface area contributed by atoms with Crippen LogP contribution in [-0.2, 0) is 7.05 Å². The van der Waals surface area contributed by atoms with Gasteiger partial charge in [-0.3, -0.25) is 4.79 Å². The van der Waals surface area contributed by atoms with E-state index in [-0.39, 0.29) is 5.56 Å². The number of aliphatic hydroxyl groups is 1. The third-order valence-electron chi connectivity index (χ3n) is 3.15. The van der Waals surface area contributed by atoms with Crippen LogP contribution in [0.15, 0.2) is 35.1 Å². The molecular formula is C16H19NO3. The monoisotopic (exact) mass is 273 g/mol. The molecule has 0 fully saturated rings. The van der Waals surface area contributed by atoms with Crippen molar-refractivity contribution in [1.82, 2.24) is 4.57 Å². The molecule has 0 amide bonds. The number of fused-ring (bicyclic) bond motifs is 1. The van der Waals surface area contributed by atoms with Crippen LogP contribution >= 0.6 is 0 Å². The molecule has 1 heterocycles. The van der Waals surface area contributed by atoms with Crippen LogP contribution < -0.4 is 10.3 Å². The molecule has 20 heavy (non-hydrogen) atoms. The number of rotatable bonds is 3. The van der Waals surface area contributed by atoms with E-state index in [1.165, 1.54) is 0 Å². The Morgan fingerprint density at radius 2 is 1.95 bits per heavy atom. The molecule has 0 aliphatic carbocycles. The summed E-state index contributed by atoms with van der Waals surface area (Å²) < 4.78 is 7.00. The van der Waals surface area contributed by atoms with Gasteiger partial charge in [-0.05, 0) is 32.1 Å². The van der Waals surface area contributed by atoms with Gasteiger partial charge in [-0.2, -0.15) is 0 Å². The molecular weight excluding hydrogens is 254 g/mol. The number of pyridine rings is 1. The number of hydrogen-bond donors (Lipinski definition) is 1. The van der Waals surface area contributed by atoms with Crippen LogP contribution in [0.3, 0.4) is 0 Å². The Hall–Kier alpha value is -2.07. The van der Waals surface area contributed by atoms with Crippen molar-refractivity contribution in [1.29, 1.82) is 0 Å². The maximum atomic E-state index is 12.4. The van der Waals surface area contributed by atoms with Gasteiger partial charge in [0.15, 0.2) is 0 Å². The summed E-state index contributed by atoms with van der Waals surface area (Å²) in [6.45, 7) is 3.31. The predicted molar refractivity (Wildman–Crippen MR) is 81.1 cm³/mol. The van der Waals surface area contributed by atoms with E-state index in [9.17, 15) is 9.90 Å². The number of ether oxygens (including phenoxy) is 1. The molecule has 1 aromatic heterocycles. The van der Waals surface area contributed by atoms with Crippen molar-refractivity contribution < 1.29 is 9.84 Å². The Kier molecular flexibility index (Phi) is 3.68. The molecule has 0 saturated carbocycles. The summed E-state index contributed by atoms with van der Waals surface area (Å²) >= 11 is 0. The summed E-state index contributed by atoms with van der Waals surface area (Å²) in [7, 11) is 3.27. The molecule has 0 aliphatic heterocycles. The minimum atomic E-state index is -0.984. The first kappa shape index (κ1) is 14.3. The normalized spacial score (nSPS) is 12.2. The fourth-order valence-electron chi connectivity index (χ4n) is 2.14. The number of aromatic nitrogens is 1. The highest BCUT2D eigenvalue weighted by atomic mass is 16.5. The Morgan fingerprint density at radius 1 is 1.30 bits per heavy atom. The number of hydrogen-bond acceptors (Lipinski definition) is 3. The van der Waals surface area contributed by atoms with E-state index in [0.29, 0.717) is 11.3 Å². The Labute approximate surface area is 117 Å². The maximum Gasteiger partial charge on any atom is 0.261 e. The molecule has 0 unspecified atom stereocenters. The molecule has 1 N–H and O–H groups in total. The molecule has 4 heteroatoms. The molecule has 2 aromatic rings. The van der Waals surface area contributed by atoms with Crippen LogP contribution in [-0.4, -0.2) is 22.4 Å². The van der Waals surface area contributed by atoms with Gasteiger partial charge >= 0.3 is 0 Å². The first-order valence-corrected chi connectivity index (χ1v) is 6.42. The molecule has 0 saturated heterocycles. The highest BCUT2D eigenvalue weighted by Crippen LogP contribution is 2.28. The maximum absolute atomic E-state index is 12.4. The number of aryl methyl sites for hydroxylation is 1. The number of benzene rings is 1. The summed E-state index contributed by atoms with van der Waals surface area (Å²) in [6.07, 6.45) is 3.20. The standard InChI is InChI=1S/C16H19NO3/c1-16(2,19)10-9-12-14(20-4)11-7-5-6-8-13(11)17(3)15(12)18/h5-10,19H,1-4H3. The quantitative estimate of drug-likeness (QED) is 0.933. The second-order valence-electron chi connectivity index (χ2n) is 5.32. The first-order chi connectivity index (χ1) is 9.35. The van der Waals surface area contributed by atoms with Gasteiger partial charge in [0.2, 0.25) is 0 Å². The molecule has 106 valence electrons. The minimum Gasteiger partial charge on any atom is -0.495 e. The van der Waals surface area contributed by atoms with Gasteiger partial charge in [-0.1, -0.05) is 18.2 Å². The van der Waals surface area contributed by atoms with Crippen molar-refractivity contribution in [2.45, 2.75) is 19.4 Å². The minimum absolute atomic E-state index is 0.152. The predicted octanol–water partition coefficient (Wildman–Crippen LogP) is 2.33. The second kappa shape index (κ2) is 5.13. The fraction of sp³-hybridized carbons (Fsp3) is 0.312. The zero-order chi connectivity index (χ0) is 14.9. The lowest BCUT2D eigenvalue weighted by molar-refractivity contribution is 0.134. The molecule has 2 rings (SSSR count). The van der Waals surface area contributed by atoms with Crippen LogP contribution in [0.1, 0.15) is 19.4 Å². The molecule has 0 spiro atoms. The molecule has 0 radical (unpaired) electrons. The summed E-state index contributed by atoms with van der Waals surface area (Å²) in [4.78, 5) is 12.4. The fourth-order valence-corrected chi connectivity index (χ4v) is 2.14. The average molecular weight is 273 g/mol. The third-order valence-corrected chi connectivity index (χ3v) is 3.15. The zero-order valence-corrected chi connectivity index (χ0v) is 12.2. The average Bonchev–Trinajstić information content (AvgIpc) is 2.40. The Bertz CT molecular complexity index is 721. The van der Waals surface area contributed by atoms with E-state index in [4.69, 9.17) is 4.74 Å². The van der Waals surface area contributed by atoms with Crippen molar-refractivity contribution in [3.63, 3.8) is 0 Å². The number of nitrogens with zero attached hydrogens (tertiary/aromatic N) is 1. The van der Waals surface area contributed by atoms with Crippen LogP contribution in [0.25, 0.3) is 17.0 Å². The summed E-state index contributed by atoms with van der Waals surface area (Å²) in [5.74, 6) is 0.532. The molecule has 0 aliphatic rings. The van der Waals surface area contributed by atoms with Crippen molar-refractivity contribution in [3.05, 3.63) is 46.3 Å². The van der Waals surface area contributed by atoms with Crippen molar-refractivity contribution in [3.8, 4) is 5.75 Å². The largest absolute Gasteiger partial charge is 0.495 e. The smallest absolute Gasteiger partial charge is 0.261 e. The second-order valence-corrected chi connectivity index (χ2v) is 5.32. The van der Waals surface area contributed by atoms with Crippen molar-refractivity contribution >= 4 is 17.0 Å². The van der Waals surface area contributed by atoms with E-state index in [2.05, 4.69) is 0 Å². The molecule has 0 atom stereocenters. The van der Waals surface area contributed by atoms with Crippen molar-refractivity contribution in [2.75, 3.05) is 7.11 Å². The summed E-state index contributed by atoms with van der Waals surface area (Å²) in [5.41, 5.74) is 0.119. The third kappa shape index (κ3) is 2.60. The van der Waals surface area contributed by atoms with Gasteiger partial charge in [0.25, 0.3) is 5.56 Å². The number of methoxy groups -OCH3 is 1. The SMILES string of the molecule is COc1c(C=CC(C)(C)O)c(=O)n(C)c2ccccc12. The highest BCUT2D eigenvalue weighted by Gasteiger charge is 2.15. The van der Waals surface area contributed by atoms with Crippen LogP contribution in [0.2, 0.25) is 0 Å². The molecule has 1 aromatic carbocycles. The zero-order valence-electron chi connectivity index (χ0n) is 12.2. The van der Waals surface area contributed by atoms with Gasteiger partial charge in [-0.15, -0.1) is 0 Å². The number of para-hydroxylation sites is 1. The Balaban J connectivity index is 2.80. The highest BCUT2D eigenvalue weighted by molar-refractivity contribution is 5.89. The van der Waals surface area contributed by atoms with E-state index in [0.717, 1.165) is 10.9 Å². The van der Waals surface area contributed by atoms with Gasteiger partial charge < -0.3 is 14.4 Å². The van der Waals surface area contributed by atoms with Crippen LogP contribution in [0, 0.1) is 0 Å². The van der Waals surface area contributed by atoms with Gasteiger partial charge in [0, 0.05) is 12.4 Å². The van der Waals surface area contributed by atoms with Crippen LogP contribution in [0.5, 0.6) is 5.75 Å². The molecule has 4 nitrogen and oxygen atoms in total. The first-order valence-electron chi connectivity index (χ1n) is 6.42. The van der Waals surface area contributed by atoms with E-state index in [1.807, 2.05) is 24.3 Å². The topological polar surface area (TPSA) is 51.5 Å². The lowest BCUT2D eigenvalue weighted by Gasteiger charge is -2.14. The van der Waals surface area contributed by atoms with Crippen molar-refractivity contribution in [2.24, 2.45) is 7.05 Å². The van der Waals surface area contributed by atoms with Crippen LogP contribution in [0.4, 0.5) is 0 Å². The van der Waals surface area contributed by atoms with E-state index >= 15 is 0 Å². The van der Waals surface area contributed by atoms with Gasteiger partial charge in [0.05, 0.1) is 23.8 Å². The molecule has 0 bridgehead atoms. The summed E-state index contributed by atoms with van der Waals surface area (Å²) in [5, 5.41) is 10.6. The van der Waals surface area contributed by atoms with E-state index in [1.54, 1.807) is 44.7 Å².